The van der Waals surface area contributed by atoms with Crippen LogP contribution in [0.15, 0.2) is 53.4 Å². The molecule has 0 aromatic heterocycles. The van der Waals surface area contributed by atoms with E-state index in [1.165, 1.54) is 43.5 Å². The summed E-state index contributed by atoms with van der Waals surface area (Å²) in [6, 6.07) is 11.7. The molecule has 1 atom stereocenters. The first-order chi connectivity index (χ1) is 9.98. The number of halogens is 1. The zero-order chi connectivity index (χ0) is 15.5. The van der Waals surface area contributed by atoms with Gasteiger partial charge in [-0.25, -0.2) is 12.8 Å². The van der Waals surface area contributed by atoms with Crippen LogP contribution in [0.5, 0.6) is 5.75 Å². The molecule has 112 valence electrons. The number of rotatable bonds is 5. The van der Waals surface area contributed by atoms with E-state index in [9.17, 15) is 12.8 Å². The van der Waals surface area contributed by atoms with E-state index in [0.29, 0.717) is 11.3 Å². The molecular weight excluding hydrogens is 293 g/mol. The number of methoxy groups -OCH3 is 1. The van der Waals surface area contributed by atoms with Crippen LogP contribution in [0.25, 0.3) is 0 Å². The van der Waals surface area contributed by atoms with E-state index in [2.05, 4.69) is 5.73 Å². The molecule has 0 aliphatic rings. The molecule has 0 radical (unpaired) electrons. The normalized spacial score (nSPS) is 12.9. The molecule has 2 rings (SSSR count). The minimum Gasteiger partial charge on any atom is -0.497 e. The second-order valence-corrected chi connectivity index (χ2v) is 6.68. The van der Waals surface area contributed by atoms with Crippen LogP contribution >= 0.6 is 0 Å². The van der Waals surface area contributed by atoms with Gasteiger partial charge in [0.15, 0.2) is 9.84 Å². The number of hydrogen-bond acceptors (Lipinski definition) is 3. The number of ether oxygens (including phenoxy) is 1. The standard InChI is InChI=1S/C15H16FNO3S/c1-20-13-6-8-14(9-7-13)21(18,19)15(10-17)11-2-4-12(16)5-3-11/h2-9,15H,10,17H2,1H3/p+1/t15-/m0/s1. The fourth-order valence-electron chi connectivity index (χ4n) is 2.11. The zero-order valence-electron chi connectivity index (χ0n) is 11.6. The summed E-state index contributed by atoms with van der Waals surface area (Å²) in [5.41, 5.74) is 4.24. The molecule has 0 aliphatic carbocycles. The Hall–Kier alpha value is -1.92. The molecule has 2 aromatic carbocycles. The molecule has 0 unspecified atom stereocenters. The Labute approximate surface area is 123 Å². The second kappa shape index (κ2) is 6.24. The number of sulfone groups is 1. The van der Waals surface area contributed by atoms with Gasteiger partial charge in [0.2, 0.25) is 0 Å². The van der Waals surface area contributed by atoms with Crippen LogP contribution in [0, 0.1) is 5.82 Å². The zero-order valence-corrected chi connectivity index (χ0v) is 12.4. The first kappa shape index (κ1) is 15.5. The fourth-order valence-corrected chi connectivity index (χ4v) is 3.78. The van der Waals surface area contributed by atoms with Gasteiger partial charge in [-0.05, 0) is 42.0 Å². The molecule has 21 heavy (non-hydrogen) atoms. The van der Waals surface area contributed by atoms with Crippen LogP contribution in [0.2, 0.25) is 0 Å². The van der Waals surface area contributed by atoms with Crippen molar-refractivity contribution in [3.63, 3.8) is 0 Å². The molecule has 0 heterocycles. The summed E-state index contributed by atoms with van der Waals surface area (Å²) in [6.07, 6.45) is 0. The first-order valence-corrected chi connectivity index (χ1v) is 7.96. The maximum Gasteiger partial charge on any atom is 0.190 e. The molecular formula is C15H17FNO3S+. The highest BCUT2D eigenvalue weighted by Crippen LogP contribution is 2.28. The van der Waals surface area contributed by atoms with Crippen molar-refractivity contribution in [3.05, 3.63) is 59.9 Å². The summed E-state index contributed by atoms with van der Waals surface area (Å²) in [6.45, 7) is 0.167. The SMILES string of the molecule is COc1ccc(S(=O)(=O)[C@@H](C[NH3+])c2ccc(F)cc2)cc1. The van der Waals surface area contributed by atoms with Crippen LogP contribution < -0.4 is 10.5 Å². The van der Waals surface area contributed by atoms with Crippen molar-refractivity contribution in [2.24, 2.45) is 0 Å². The van der Waals surface area contributed by atoms with Gasteiger partial charge >= 0.3 is 0 Å². The maximum atomic E-state index is 13.0. The lowest BCUT2D eigenvalue weighted by molar-refractivity contribution is -0.367. The summed E-state index contributed by atoms with van der Waals surface area (Å²) in [4.78, 5) is 0.196. The van der Waals surface area contributed by atoms with Gasteiger partial charge in [0.05, 0.1) is 18.6 Å². The Kier molecular flexibility index (Phi) is 4.59. The van der Waals surface area contributed by atoms with Gasteiger partial charge < -0.3 is 10.5 Å². The Balaban J connectivity index is 2.41. The van der Waals surface area contributed by atoms with E-state index in [4.69, 9.17) is 4.74 Å². The molecule has 0 fully saturated rings. The minimum atomic E-state index is -3.58. The van der Waals surface area contributed by atoms with Gasteiger partial charge in [-0.1, -0.05) is 12.1 Å². The van der Waals surface area contributed by atoms with Gasteiger partial charge in [0.25, 0.3) is 0 Å². The van der Waals surface area contributed by atoms with Crippen molar-refractivity contribution in [1.82, 2.24) is 0 Å². The Bertz CT molecular complexity index is 697. The predicted octanol–water partition coefficient (Wildman–Crippen LogP) is 1.59. The van der Waals surface area contributed by atoms with E-state index in [1.807, 2.05) is 0 Å². The Morgan fingerprint density at radius 1 is 1.10 bits per heavy atom. The third-order valence-electron chi connectivity index (χ3n) is 3.27. The van der Waals surface area contributed by atoms with Crippen LogP contribution in [0.1, 0.15) is 10.8 Å². The summed E-state index contributed by atoms with van der Waals surface area (Å²) < 4.78 is 43.3. The van der Waals surface area contributed by atoms with E-state index in [-0.39, 0.29) is 11.4 Å². The monoisotopic (exact) mass is 310 g/mol. The Morgan fingerprint density at radius 2 is 1.67 bits per heavy atom. The van der Waals surface area contributed by atoms with Crippen LogP contribution in [0.4, 0.5) is 4.39 Å². The molecule has 0 saturated carbocycles. The van der Waals surface area contributed by atoms with Crippen molar-refractivity contribution in [2.45, 2.75) is 10.1 Å². The number of quaternary nitrogens is 1. The number of benzene rings is 2. The van der Waals surface area contributed by atoms with Gasteiger partial charge in [0, 0.05) is 0 Å². The average Bonchev–Trinajstić information content (AvgIpc) is 2.50. The van der Waals surface area contributed by atoms with Crippen molar-refractivity contribution >= 4 is 9.84 Å². The summed E-state index contributed by atoms with van der Waals surface area (Å²) >= 11 is 0. The first-order valence-electron chi connectivity index (χ1n) is 6.41. The lowest BCUT2D eigenvalue weighted by atomic mass is 10.1. The highest BCUT2D eigenvalue weighted by Gasteiger charge is 2.29. The maximum absolute atomic E-state index is 13.0. The highest BCUT2D eigenvalue weighted by molar-refractivity contribution is 7.91. The number of hydrogen-bond donors (Lipinski definition) is 1. The van der Waals surface area contributed by atoms with Crippen LogP contribution in [-0.4, -0.2) is 22.1 Å². The fraction of sp³-hybridized carbons (Fsp3) is 0.200. The summed E-state index contributed by atoms with van der Waals surface area (Å²) in [7, 11) is -2.07. The molecule has 0 spiro atoms. The van der Waals surface area contributed by atoms with E-state index >= 15 is 0 Å². The van der Waals surface area contributed by atoms with Gasteiger partial charge in [-0.2, -0.15) is 0 Å². The lowest BCUT2D eigenvalue weighted by Gasteiger charge is -2.15. The quantitative estimate of drug-likeness (QED) is 0.911. The van der Waals surface area contributed by atoms with Crippen LogP contribution in [-0.2, 0) is 9.84 Å². The molecule has 0 saturated heterocycles. The molecule has 0 aliphatic heterocycles. The van der Waals surface area contributed by atoms with E-state index < -0.39 is 20.9 Å². The van der Waals surface area contributed by atoms with Gasteiger partial charge in [-0.15, -0.1) is 0 Å². The molecule has 4 nitrogen and oxygen atoms in total. The van der Waals surface area contributed by atoms with Crippen LogP contribution in [0.3, 0.4) is 0 Å². The molecule has 0 bridgehead atoms. The third kappa shape index (κ3) is 3.22. The van der Waals surface area contributed by atoms with Crippen molar-refractivity contribution < 1.29 is 23.3 Å². The highest BCUT2D eigenvalue weighted by atomic mass is 32.2. The minimum absolute atomic E-state index is 0.167. The molecule has 6 heteroatoms. The van der Waals surface area contributed by atoms with Crippen molar-refractivity contribution in [1.29, 1.82) is 0 Å². The van der Waals surface area contributed by atoms with Gasteiger partial charge in [-0.3, -0.25) is 0 Å². The van der Waals surface area contributed by atoms with E-state index in [0.717, 1.165) is 0 Å². The third-order valence-corrected chi connectivity index (χ3v) is 5.45. The van der Waals surface area contributed by atoms with Gasteiger partial charge in [0.1, 0.15) is 16.8 Å². The summed E-state index contributed by atoms with van der Waals surface area (Å²) in [5, 5.41) is -0.800. The summed E-state index contributed by atoms with van der Waals surface area (Å²) in [5.74, 6) is 0.185. The Morgan fingerprint density at radius 3 is 2.14 bits per heavy atom. The van der Waals surface area contributed by atoms with Crippen molar-refractivity contribution in [3.8, 4) is 5.75 Å². The largest absolute Gasteiger partial charge is 0.497 e. The smallest absolute Gasteiger partial charge is 0.190 e. The second-order valence-electron chi connectivity index (χ2n) is 4.55. The average molecular weight is 310 g/mol. The molecule has 0 amide bonds. The molecule has 2 aromatic rings. The predicted molar refractivity (Wildman–Crippen MR) is 77.1 cm³/mol. The van der Waals surface area contributed by atoms with Crippen molar-refractivity contribution in [2.75, 3.05) is 13.7 Å². The molecule has 3 N–H and O–H groups in total. The lowest BCUT2D eigenvalue weighted by Crippen LogP contribution is -2.54. The van der Waals surface area contributed by atoms with E-state index in [1.54, 1.807) is 12.1 Å². The topological polar surface area (TPSA) is 71.0 Å².